The van der Waals surface area contributed by atoms with Crippen LogP contribution < -0.4 is 20.0 Å². The van der Waals surface area contributed by atoms with Crippen molar-refractivity contribution < 1.29 is 0 Å². The standard InChI is InChI=1S/C59H57BN2S/c1-36-31-46-48(59(8,9)30-29-57(46,4)5)35-50(36)61-53-41-20-14-13-19-39(41)33-44-43-32-38(37-17-11-10-12-18-37)23-26-49(43)62(40-24-25-45-47(34-40)58(6,7)28-27-56(45,2)3)60(52(44)53)55-54(61)42-21-15-16-22-51(42)63-55/h10-26,31-35H,27-30H2,1-9H3. The highest BCUT2D eigenvalue weighted by molar-refractivity contribution is 7.32. The van der Waals surface area contributed by atoms with E-state index in [-0.39, 0.29) is 28.5 Å². The smallest absolute Gasteiger partial charge is 0.343 e. The third-order valence-electron chi connectivity index (χ3n) is 16.1. The second-order valence-electron chi connectivity index (χ2n) is 21.9. The van der Waals surface area contributed by atoms with Gasteiger partial charge in [-0.3, -0.25) is 0 Å². The summed E-state index contributed by atoms with van der Waals surface area (Å²) in [5.41, 5.74) is 20.7. The molecule has 0 amide bonds. The molecule has 0 atom stereocenters. The van der Waals surface area contributed by atoms with E-state index in [1.54, 1.807) is 0 Å². The Morgan fingerprint density at radius 3 is 1.84 bits per heavy atom. The van der Waals surface area contributed by atoms with Crippen LogP contribution in [0.5, 0.6) is 0 Å². The van der Waals surface area contributed by atoms with Gasteiger partial charge in [0.2, 0.25) is 0 Å². The van der Waals surface area contributed by atoms with Gasteiger partial charge in [-0.05, 0) is 152 Å². The number of aryl methyl sites for hydroxylation is 1. The number of benzene rings is 7. The lowest BCUT2D eigenvalue weighted by atomic mass is 9.46. The van der Waals surface area contributed by atoms with E-state index >= 15 is 0 Å². The van der Waals surface area contributed by atoms with Crippen LogP contribution in [0.2, 0.25) is 0 Å². The van der Waals surface area contributed by atoms with Gasteiger partial charge in [0.25, 0.3) is 0 Å². The summed E-state index contributed by atoms with van der Waals surface area (Å²) in [6, 6.07) is 51.9. The van der Waals surface area contributed by atoms with Crippen LogP contribution in [0.25, 0.3) is 43.1 Å². The summed E-state index contributed by atoms with van der Waals surface area (Å²) in [6.07, 6.45) is 4.76. The third kappa shape index (κ3) is 5.62. The van der Waals surface area contributed by atoms with Crippen molar-refractivity contribution in [2.45, 2.75) is 110 Å². The molecule has 2 aliphatic carbocycles. The van der Waals surface area contributed by atoms with Crippen molar-refractivity contribution in [2.75, 3.05) is 9.71 Å². The molecule has 0 spiro atoms. The zero-order valence-electron chi connectivity index (χ0n) is 38.4. The topological polar surface area (TPSA) is 6.48 Å². The molecular formula is C59H57BN2S. The molecule has 312 valence electrons. The Bertz CT molecular complexity index is 3220. The molecule has 4 aliphatic rings. The molecule has 0 unspecified atom stereocenters. The Hall–Kier alpha value is -5.58. The van der Waals surface area contributed by atoms with E-state index in [4.69, 9.17) is 0 Å². The number of hydrogen-bond acceptors (Lipinski definition) is 3. The lowest BCUT2D eigenvalue weighted by Gasteiger charge is -2.47. The second kappa shape index (κ2) is 13.2. The van der Waals surface area contributed by atoms with Crippen LogP contribution in [-0.2, 0) is 21.7 Å². The summed E-state index contributed by atoms with van der Waals surface area (Å²) < 4.78 is 2.74. The molecule has 3 heterocycles. The molecule has 0 radical (unpaired) electrons. The van der Waals surface area contributed by atoms with Crippen LogP contribution in [0.1, 0.15) is 109 Å². The quantitative estimate of drug-likeness (QED) is 0.164. The predicted molar refractivity (Wildman–Crippen MR) is 274 cm³/mol. The van der Waals surface area contributed by atoms with Crippen LogP contribution in [0.15, 0.2) is 133 Å². The summed E-state index contributed by atoms with van der Waals surface area (Å²) in [6.45, 7) is 22.0. The number of thiophene rings is 1. The summed E-state index contributed by atoms with van der Waals surface area (Å²) in [7, 11) is 0. The Labute approximate surface area is 378 Å². The van der Waals surface area contributed by atoms with Gasteiger partial charge >= 0.3 is 6.85 Å². The number of hydrogen-bond donors (Lipinski definition) is 0. The van der Waals surface area contributed by atoms with Crippen molar-refractivity contribution in [1.82, 2.24) is 0 Å². The minimum atomic E-state index is -0.0376. The highest BCUT2D eigenvalue weighted by atomic mass is 32.1. The molecule has 4 heteroatoms. The predicted octanol–water partition coefficient (Wildman–Crippen LogP) is 15.4. The van der Waals surface area contributed by atoms with Crippen LogP contribution in [0.4, 0.5) is 28.4 Å². The number of fused-ring (bicyclic) bond motifs is 10. The summed E-state index contributed by atoms with van der Waals surface area (Å²) in [5.74, 6) is 0. The third-order valence-corrected chi connectivity index (χ3v) is 17.3. The molecule has 7 aromatic carbocycles. The average Bonchev–Trinajstić information content (AvgIpc) is 3.66. The van der Waals surface area contributed by atoms with Gasteiger partial charge in [-0.2, -0.15) is 0 Å². The van der Waals surface area contributed by atoms with Crippen molar-refractivity contribution in [3.8, 4) is 22.3 Å². The first-order valence-corrected chi connectivity index (χ1v) is 24.1. The maximum absolute atomic E-state index is 2.75. The number of anilines is 5. The molecular weight excluding hydrogens is 780 g/mol. The van der Waals surface area contributed by atoms with Crippen molar-refractivity contribution in [1.29, 1.82) is 0 Å². The van der Waals surface area contributed by atoms with Gasteiger partial charge in [0.05, 0.1) is 11.4 Å². The number of nitrogens with zero attached hydrogens (tertiary/aromatic N) is 2. The maximum atomic E-state index is 2.75. The fourth-order valence-corrected chi connectivity index (χ4v) is 13.5. The van der Waals surface area contributed by atoms with Gasteiger partial charge in [-0.1, -0.05) is 146 Å². The van der Waals surface area contributed by atoms with Gasteiger partial charge in [-0.25, -0.2) is 0 Å². The molecule has 0 saturated heterocycles. The lowest BCUT2D eigenvalue weighted by Crippen LogP contribution is -2.60. The van der Waals surface area contributed by atoms with E-state index in [9.17, 15) is 0 Å². The first kappa shape index (κ1) is 39.0. The minimum Gasteiger partial charge on any atom is -0.376 e. The highest BCUT2D eigenvalue weighted by Crippen LogP contribution is 2.56. The number of rotatable bonds is 3. The Balaban J connectivity index is 1.23. The first-order chi connectivity index (χ1) is 30.1. The minimum absolute atomic E-state index is 0.0376. The highest BCUT2D eigenvalue weighted by Gasteiger charge is 2.49. The van der Waals surface area contributed by atoms with E-state index < -0.39 is 0 Å². The molecule has 2 aliphatic heterocycles. The van der Waals surface area contributed by atoms with Crippen molar-refractivity contribution in [3.63, 3.8) is 0 Å². The Kier molecular flexibility index (Phi) is 8.21. The molecule has 63 heavy (non-hydrogen) atoms. The van der Waals surface area contributed by atoms with Crippen LogP contribution in [0, 0.1) is 6.92 Å². The lowest BCUT2D eigenvalue weighted by molar-refractivity contribution is 0.332. The molecule has 0 fully saturated rings. The van der Waals surface area contributed by atoms with Crippen LogP contribution >= 0.6 is 11.3 Å². The molecule has 0 N–H and O–H groups in total. The summed E-state index contributed by atoms with van der Waals surface area (Å²) in [5, 5.41) is 3.90. The van der Waals surface area contributed by atoms with E-state index in [2.05, 4.69) is 205 Å². The van der Waals surface area contributed by atoms with Gasteiger partial charge in [0.1, 0.15) is 0 Å². The zero-order valence-corrected chi connectivity index (χ0v) is 39.2. The monoisotopic (exact) mass is 836 g/mol. The second-order valence-corrected chi connectivity index (χ2v) is 23.0. The van der Waals surface area contributed by atoms with E-state index in [1.807, 2.05) is 11.3 Å². The van der Waals surface area contributed by atoms with E-state index in [0.717, 1.165) is 0 Å². The van der Waals surface area contributed by atoms with Crippen molar-refractivity contribution in [3.05, 3.63) is 161 Å². The van der Waals surface area contributed by atoms with Crippen molar-refractivity contribution in [2.24, 2.45) is 0 Å². The fourth-order valence-electron chi connectivity index (χ4n) is 12.2. The maximum Gasteiger partial charge on any atom is 0.343 e. The summed E-state index contributed by atoms with van der Waals surface area (Å²) in [4.78, 5) is 5.49. The van der Waals surface area contributed by atoms with Gasteiger partial charge in [-0.15, -0.1) is 11.3 Å². The molecule has 8 aromatic rings. The Morgan fingerprint density at radius 1 is 0.492 bits per heavy atom. The normalized spacial score (nSPS) is 18.4. The Morgan fingerprint density at radius 2 is 1.11 bits per heavy atom. The van der Waals surface area contributed by atoms with Crippen LogP contribution in [-0.4, -0.2) is 6.85 Å². The van der Waals surface area contributed by atoms with E-state index in [0.29, 0.717) is 0 Å². The molecule has 1 aromatic heterocycles. The summed E-state index contributed by atoms with van der Waals surface area (Å²) >= 11 is 1.99. The zero-order chi connectivity index (χ0) is 43.4. The molecule has 12 rings (SSSR count). The molecule has 2 nitrogen and oxygen atoms in total. The molecule has 0 saturated carbocycles. The van der Waals surface area contributed by atoms with Crippen LogP contribution in [0.3, 0.4) is 0 Å². The van der Waals surface area contributed by atoms with Gasteiger partial charge in [0.15, 0.2) is 0 Å². The van der Waals surface area contributed by atoms with E-state index in [1.165, 1.54) is 135 Å². The van der Waals surface area contributed by atoms with Gasteiger partial charge < -0.3 is 9.71 Å². The molecule has 0 bridgehead atoms. The SMILES string of the molecule is Cc1cc2c(cc1N1c3c4c(cc5ccccc35)-c3cc(-c5ccccc5)ccc3N(c3ccc5c(c3)C(C)(C)CCC5(C)C)B4c3sc4ccccc4c31)C(C)(C)CCC2(C)C. The largest absolute Gasteiger partial charge is 0.376 e. The van der Waals surface area contributed by atoms with Crippen molar-refractivity contribution >= 4 is 77.7 Å². The fraction of sp³-hybridized carbons (Fsp3) is 0.288. The first-order valence-electron chi connectivity index (χ1n) is 23.3. The average molecular weight is 837 g/mol. The van der Waals surface area contributed by atoms with Gasteiger partial charge in [0, 0.05) is 42.9 Å².